The highest BCUT2D eigenvalue weighted by Gasteiger charge is 2.14. The molecule has 0 rings (SSSR count). The fourth-order valence-electron chi connectivity index (χ4n) is 4.48. The average molecular weight is 533 g/mol. The van der Waals surface area contributed by atoms with Crippen LogP contribution in [0, 0.1) is 0 Å². The first kappa shape index (κ1) is 36.2. The van der Waals surface area contributed by atoms with Crippen molar-refractivity contribution >= 4 is 11.9 Å². The van der Waals surface area contributed by atoms with Crippen LogP contribution in [0.3, 0.4) is 0 Å². The van der Waals surface area contributed by atoms with Crippen LogP contribution in [-0.2, 0) is 14.3 Å². The summed E-state index contributed by atoms with van der Waals surface area (Å²) in [5.74, 6) is -0.789. The molecule has 0 saturated heterocycles. The molecule has 1 N–H and O–H groups in total. The van der Waals surface area contributed by atoms with Crippen LogP contribution in [0.25, 0.3) is 0 Å². The van der Waals surface area contributed by atoms with Gasteiger partial charge in [-0.25, -0.2) is 0 Å². The number of carbonyl (C=O) groups excluding carboxylic acids is 1. The summed E-state index contributed by atoms with van der Waals surface area (Å²) in [7, 11) is 0. The molecule has 4 nitrogen and oxygen atoms in total. The van der Waals surface area contributed by atoms with Crippen LogP contribution in [0.15, 0.2) is 36.5 Å². The van der Waals surface area contributed by atoms with Crippen molar-refractivity contribution in [1.82, 2.24) is 0 Å². The molecule has 0 amide bonds. The lowest BCUT2D eigenvalue weighted by atomic mass is 10.0. The van der Waals surface area contributed by atoms with Gasteiger partial charge in [-0.15, -0.1) is 0 Å². The lowest BCUT2D eigenvalue weighted by Gasteiger charge is -2.18. The highest BCUT2D eigenvalue weighted by Crippen LogP contribution is 2.17. The third-order valence-electron chi connectivity index (χ3n) is 6.86. The van der Waals surface area contributed by atoms with Crippen molar-refractivity contribution in [2.24, 2.45) is 0 Å². The second kappa shape index (κ2) is 29.7. The number of aliphatic carboxylic acids is 1. The Labute approximate surface area is 235 Å². The van der Waals surface area contributed by atoms with Crippen LogP contribution in [0.2, 0.25) is 0 Å². The van der Waals surface area contributed by atoms with Gasteiger partial charge in [-0.05, 0) is 77.0 Å². The first-order valence-corrected chi connectivity index (χ1v) is 16.0. The van der Waals surface area contributed by atoms with Crippen molar-refractivity contribution in [3.05, 3.63) is 36.5 Å². The monoisotopic (exact) mass is 532 g/mol. The molecule has 0 heterocycles. The van der Waals surface area contributed by atoms with Crippen LogP contribution in [-0.4, -0.2) is 23.1 Å². The first-order valence-electron chi connectivity index (χ1n) is 16.0. The molecule has 0 aromatic carbocycles. The number of rotatable bonds is 28. The molecular weight excluding hydrogens is 472 g/mol. The van der Waals surface area contributed by atoms with Crippen LogP contribution in [0.4, 0.5) is 0 Å². The van der Waals surface area contributed by atoms with E-state index in [0.717, 1.165) is 77.0 Å². The molecule has 0 saturated carbocycles. The van der Waals surface area contributed by atoms with E-state index in [1.807, 2.05) is 0 Å². The van der Waals surface area contributed by atoms with Gasteiger partial charge in [0.1, 0.15) is 6.10 Å². The Morgan fingerprint density at radius 3 is 1.63 bits per heavy atom. The Balaban J connectivity index is 3.72. The van der Waals surface area contributed by atoms with Gasteiger partial charge < -0.3 is 9.84 Å². The van der Waals surface area contributed by atoms with E-state index in [4.69, 9.17) is 9.84 Å². The Morgan fingerprint density at radius 1 is 0.579 bits per heavy atom. The fourth-order valence-corrected chi connectivity index (χ4v) is 4.48. The Kier molecular flexibility index (Phi) is 28.3. The van der Waals surface area contributed by atoms with Crippen molar-refractivity contribution in [2.45, 2.75) is 168 Å². The summed E-state index contributed by atoms with van der Waals surface area (Å²) in [4.78, 5) is 23.0. The summed E-state index contributed by atoms with van der Waals surface area (Å²) in [5, 5.41) is 8.76. The van der Waals surface area contributed by atoms with Gasteiger partial charge in [0.2, 0.25) is 0 Å². The van der Waals surface area contributed by atoms with Gasteiger partial charge in [0.05, 0.1) is 0 Å². The second-order valence-corrected chi connectivity index (χ2v) is 10.6. The number of carboxylic acids is 1. The topological polar surface area (TPSA) is 63.6 Å². The smallest absolute Gasteiger partial charge is 0.306 e. The lowest BCUT2D eigenvalue weighted by Crippen LogP contribution is -2.18. The Bertz CT molecular complexity index is 620. The number of ether oxygens (including phenoxy) is 1. The maximum absolute atomic E-state index is 12.3. The molecule has 220 valence electrons. The van der Waals surface area contributed by atoms with Crippen LogP contribution in [0.1, 0.15) is 162 Å². The molecule has 0 spiro atoms. The minimum absolute atomic E-state index is 0.000388. The normalized spacial score (nSPS) is 12.7. The molecular formula is C34H60O4. The molecule has 4 heteroatoms. The summed E-state index contributed by atoms with van der Waals surface area (Å²) >= 11 is 0. The maximum atomic E-state index is 12.3. The van der Waals surface area contributed by atoms with Crippen molar-refractivity contribution < 1.29 is 19.4 Å². The molecule has 0 aliphatic carbocycles. The van der Waals surface area contributed by atoms with Gasteiger partial charge >= 0.3 is 11.9 Å². The lowest BCUT2D eigenvalue weighted by molar-refractivity contribution is -0.150. The summed E-state index contributed by atoms with van der Waals surface area (Å²) in [6.07, 6.45) is 37.5. The van der Waals surface area contributed by atoms with Gasteiger partial charge in [-0.1, -0.05) is 108 Å². The zero-order valence-electron chi connectivity index (χ0n) is 25.0. The molecule has 0 aliphatic rings. The van der Waals surface area contributed by atoms with Crippen molar-refractivity contribution in [3.63, 3.8) is 0 Å². The fraction of sp³-hybridized carbons (Fsp3) is 0.765. The minimum Gasteiger partial charge on any atom is -0.481 e. The Hall–Kier alpha value is -1.84. The largest absolute Gasteiger partial charge is 0.481 e. The van der Waals surface area contributed by atoms with E-state index in [2.05, 4.69) is 50.3 Å². The van der Waals surface area contributed by atoms with Gasteiger partial charge in [0.15, 0.2) is 0 Å². The predicted molar refractivity (Wildman–Crippen MR) is 162 cm³/mol. The molecule has 38 heavy (non-hydrogen) atoms. The molecule has 1 unspecified atom stereocenters. The van der Waals surface area contributed by atoms with E-state index < -0.39 is 5.97 Å². The third kappa shape index (κ3) is 28.7. The summed E-state index contributed by atoms with van der Waals surface area (Å²) < 4.78 is 5.79. The molecule has 0 aromatic heterocycles. The quantitative estimate of drug-likeness (QED) is 0.0618. The van der Waals surface area contributed by atoms with E-state index in [1.165, 1.54) is 51.4 Å². The average Bonchev–Trinajstić information content (AvgIpc) is 2.89. The van der Waals surface area contributed by atoms with Crippen molar-refractivity contribution in [2.75, 3.05) is 0 Å². The number of allylic oxidation sites excluding steroid dienone is 6. The van der Waals surface area contributed by atoms with Crippen LogP contribution >= 0.6 is 0 Å². The maximum Gasteiger partial charge on any atom is 0.306 e. The van der Waals surface area contributed by atoms with Crippen LogP contribution < -0.4 is 0 Å². The van der Waals surface area contributed by atoms with E-state index in [0.29, 0.717) is 12.8 Å². The SMILES string of the molecule is CCCCC/C=C\C/C=C\C/C=C\CCCCCCCCC(=O)OC(CCCCC)CCCCCC(=O)O. The standard InChI is InChI=1S/C34H60O4/c1-3-5-7-8-9-10-11-12-13-14-15-16-17-18-19-20-21-22-27-31-34(37)38-32(28-24-6-4-2)29-25-23-26-30-33(35)36/h9-10,12-13,15-16,32H,3-8,11,14,17-31H2,1-2H3,(H,35,36)/b10-9-,13-12-,16-15-. The number of unbranched alkanes of at least 4 members (excludes halogenated alkanes) is 13. The molecule has 0 fully saturated rings. The number of esters is 1. The molecule has 0 radical (unpaired) electrons. The van der Waals surface area contributed by atoms with E-state index in [-0.39, 0.29) is 18.5 Å². The number of carbonyl (C=O) groups is 2. The number of carboxylic acid groups (broad SMARTS) is 1. The highest BCUT2D eigenvalue weighted by atomic mass is 16.5. The van der Waals surface area contributed by atoms with Gasteiger partial charge in [0.25, 0.3) is 0 Å². The van der Waals surface area contributed by atoms with E-state index in [9.17, 15) is 9.59 Å². The van der Waals surface area contributed by atoms with Gasteiger partial charge in [-0.2, -0.15) is 0 Å². The molecule has 1 atom stereocenters. The Morgan fingerprint density at radius 2 is 1.03 bits per heavy atom. The highest BCUT2D eigenvalue weighted by molar-refractivity contribution is 5.69. The molecule has 0 bridgehead atoms. The molecule has 0 aliphatic heterocycles. The summed E-state index contributed by atoms with van der Waals surface area (Å²) in [6, 6.07) is 0. The van der Waals surface area contributed by atoms with Gasteiger partial charge in [0, 0.05) is 12.8 Å². The minimum atomic E-state index is -0.733. The summed E-state index contributed by atoms with van der Waals surface area (Å²) in [5.41, 5.74) is 0. The summed E-state index contributed by atoms with van der Waals surface area (Å²) in [6.45, 7) is 4.42. The third-order valence-corrected chi connectivity index (χ3v) is 6.86. The van der Waals surface area contributed by atoms with Crippen LogP contribution in [0.5, 0.6) is 0 Å². The number of hydrogen-bond acceptors (Lipinski definition) is 3. The van der Waals surface area contributed by atoms with E-state index >= 15 is 0 Å². The van der Waals surface area contributed by atoms with Crippen molar-refractivity contribution in [3.8, 4) is 0 Å². The van der Waals surface area contributed by atoms with E-state index in [1.54, 1.807) is 0 Å². The predicted octanol–water partition coefficient (Wildman–Crippen LogP) is 10.7. The second-order valence-electron chi connectivity index (χ2n) is 10.6. The zero-order chi connectivity index (χ0) is 27.9. The first-order chi connectivity index (χ1) is 18.6. The van der Waals surface area contributed by atoms with Gasteiger partial charge in [-0.3, -0.25) is 9.59 Å². The molecule has 0 aromatic rings. The number of hydrogen-bond donors (Lipinski definition) is 1. The zero-order valence-corrected chi connectivity index (χ0v) is 25.0. The van der Waals surface area contributed by atoms with Crippen molar-refractivity contribution in [1.29, 1.82) is 0 Å².